The van der Waals surface area contributed by atoms with Crippen molar-refractivity contribution in [2.75, 3.05) is 98.7 Å². The average Bonchev–Trinajstić information content (AvgIpc) is 1.85. The number of thioether (sulfide) groups is 9. The van der Waals surface area contributed by atoms with E-state index in [1.807, 2.05) is 152 Å². The van der Waals surface area contributed by atoms with Crippen molar-refractivity contribution in [3.63, 3.8) is 0 Å². The Morgan fingerprint density at radius 2 is 0.633 bits per heavy atom. The summed E-state index contributed by atoms with van der Waals surface area (Å²) in [6.45, 7) is 33.3. The van der Waals surface area contributed by atoms with Crippen molar-refractivity contribution < 1.29 is 114 Å². The van der Waals surface area contributed by atoms with E-state index < -0.39 is 0 Å². The molecule has 0 unspecified atom stereocenters. The lowest BCUT2D eigenvalue weighted by Crippen LogP contribution is -3.00. The van der Waals surface area contributed by atoms with Crippen LogP contribution in [0.3, 0.4) is 0 Å². The summed E-state index contributed by atoms with van der Waals surface area (Å²) in [4.78, 5) is 86.2. The number of unbranched alkanes of at least 4 members (excludes halogenated alkanes) is 2. The quantitative estimate of drug-likeness (QED) is 0.0195. The third kappa shape index (κ3) is 72.8. The van der Waals surface area contributed by atoms with Gasteiger partial charge in [0.2, 0.25) is 29.6 Å². The topological polar surface area (TPSA) is 267 Å². The third-order valence-corrected chi connectivity index (χ3v) is 37.8. The van der Waals surface area contributed by atoms with E-state index in [0.29, 0.717) is 50.6 Å². The molecular formula is C105H162Br4N18O6S17. The molecule has 0 saturated heterocycles. The van der Waals surface area contributed by atoms with E-state index in [1.165, 1.54) is 273 Å². The SMILES string of the molecule is C.C.CCC(=O)OCCc1ncno1.CCC(=O)SCCc1ncno1.CCCCSCCc1scnc1C.CCCCSCCc1scnc1C.CCCSCCc1scnc1C.CCCSCCc1scnc1C.Cc1ncsc1CCSC(=O)Cn1cc[n+](C)c1.Cc1ncsc1CCSCCC[n+]1ccccc1.Cc1ncsc1CCSCC[n+]1ccccc1.Cc1ncsc1CCSCCn1cc[n+](C)c1.[Br-].[Br-].[Br-].[Br-]. The van der Waals surface area contributed by atoms with Crippen molar-refractivity contribution in [1.29, 1.82) is 0 Å². The number of pyridine rings is 2. The van der Waals surface area contributed by atoms with Gasteiger partial charge in [-0.15, -0.1) is 90.7 Å². The van der Waals surface area contributed by atoms with Crippen LogP contribution in [-0.4, -0.2) is 184 Å². The van der Waals surface area contributed by atoms with E-state index in [-0.39, 0.29) is 99.0 Å². The van der Waals surface area contributed by atoms with Crippen LogP contribution in [0.15, 0.2) is 164 Å². The minimum absolute atomic E-state index is 0. The molecule has 150 heavy (non-hydrogen) atoms. The summed E-state index contributed by atoms with van der Waals surface area (Å²) >= 11 is 31.1. The number of halogens is 4. The van der Waals surface area contributed by atoms with Gasteiger partial charge < -0.3 is 81.7 Å². The first-order valence-electron chi connectivity index (χ1n) is 49.2. The fourth-order valence-electron chi connectivity index (χ4n) is 12.0. The van der Waals surface area contributed by atoms with Gasteiger partial charge in [0.25, 0.3) is 0 Å². The Morgan fingerprint density at radius 3 is 0.940 bits per heavy atom. The Balaban J connectivity index is 0. The molecule has 0 fully saturated rings. The highest BCUT2D eigenvalue weighted by atomic mass is 79.9. The molecule has 14 aromatic heterocycles. The van der Waals surface area contributed by atoms with Gasteiger partial charge in [-0.3, -0.25) is 14.4 Å². The van der Waals surface area contributed by atoms with Crippen molar-refractivity contribution in [2.45, 2.75) is 260 Å². The Kier molecular flexibility index (Phi) is 96.8. The predicted octanol–water partition coefficient (Wildman–Crippen LogP) is 13.9. The zero-order valence-electron chi connectivity index (χ0n) is 88.7. The molecule has 838 valence electrons. The number of esters is 1. The van der Waals surface area contributed by atoms with Crippen LogP contribution >= 0.6 is 197 Å². The van der Waals surface area contributed by atoms with Gasteiger partial charge in [-0.25, -0.2) is 67.3 Å². The summed E-state index contributed by atoms with van der Waals surface area (Å²) in [5, 5.41) is 7.28. The Morgan fingerprint density at radius 1 is 0.327 bits per heavy atom. The van der Waals surface area contributed by atoms with E-state index in [1.54, 1.807) is 97.6 Å². The van der Waals surface area contributed by atoms with Crippen LogP contribution in [0.25, 0.3) is 0 Å². The van der Waals surface area contributed by atoms with E-state index in [4.69, 9.17) is 13.8 Å². The van der Waals surface area contributed by atoms with Crippen molar-refractivity contribution in [2.24, 2.45) is 14.1 Å². The van der Waals surface area contributed by atoms with Crippen molar-refractivity contribution in [3.8, 4) is 0 Å². The molecule has 45 heteroatoms. The van der Waals surface area contributed by atoms with Gasteiger partial charge >= 0.3 is 5.97 Å². The number of aromatic nitrogens is 18. The molecule has 0 spiro atoms. The molecule has 0 aliphatic heterocycles. The molecule has 0 atom stereocenters. The molecule has 14 aromatic rings. The van der Waals surface area contributed by atoms with E-state index in [0.717, 1.165) is 56.1 Å². The molecule has 0 saturated carbocycles. The maximum Gasteiger partial charge on any atom is 0.305 e. The monoisotopic (exact) mass is 2630 g/mol. The Labute approximate surface area is 1010 Å². The predicted molar refractivity (Wildman–Crippen MR) is 641 cm³/mol. The Bertz CT molecular complexity index is 5300. The van der Waals surface area contributed by atoms with Crippen molar-refractivity contribution >= 4 is 213 Å². The molecule has 0 radical (unpaired) electrons. The molecule has 0 aromatic carbocycles. The van der Waals surface area contributed by atoms with Crippen LogP contribution in [0.4, 0.5) is 0 Å². The number of aryl methyl sites for hydroxylation is 22. The number of carbonyl (C=O) groups excluding carboxylic acids is 3. The second kappa shape index (κ2) is 98.1. The minimum Gasteiger partial charge on any atom is -1.00 e. The number of thiazole rings is 8. The van der Waals surface area contributed by atoms with Gasteiger partial charge in [0, 0.05) is 106 Å². The molecule has 0 bridgehead atoms. The molecule has 24 nitrogen and oxygen atoms in total. The van der Waals surface area contributed by atoms with E-state index in [2.05, 4.69) is 265 Å². The van der Waals surface area contributed by atoms with E-state index >= 15 is 0 Å². The number of imidazole rings is 2. The second-order valence-electron chi connectivity index (χ2n) is 32.1. The summed E-state index contributed by atoms with van der Waals surface area (Å²) in [7, 11) is 4.00. The second-order valence-corrected chi connectivity index (χ2v) is 50.5. The first-order valence-corrected chi connectivity index (χ1v) is 66.3. The van der Waals surface area contributed by atoms with Gasteiger partial charge in [-0.2, -0.15) is 92.3 Å². The summed E-state index contributed by atoms with van der Waals surface area (Å²) in [5.41, 5.74) is 25.0. The van der Waals surface area contributed by atoms with Gasteiger partial charge in [0.1, 0.15) is 37.9 Å². The molecule has 14 heterocycles. The maximum absolute atomic E-state index is 11.8. The highest BCUT2D eigenvalue weighted by Crippen LogP contribution is 2.24. The zero-order valence-corrected chi connectivity index (χ0v) is 109. The molecule has 0 N–H and O–H groups in total. The number of nitrogens with zero attached hydrogens (tertiary/aromatic N) is 18. The molecular weight excluding hydrogens is 2470 g/mol. The number of hydrogen-bond acceptors (Lipinski definition) is 35. The third-order valence-electron chi connectivity index (χ3n) is 20.4. The van der Waals surface area contributed by atoms with Crippen LogP contribution in [0.5, 0.6) is 0 Å². The van der Waals surface area contributed by atoms with Gasteiger partial charge in [0.05, 0.1) is 122 Å². The molecule has 0 aliphatic rings. The van der Waals surface area contributed by atoms with Crippen LogP contribution in [-0.2, 0) is 124 Å². The molecule has 14 rings (SSSR count). The van der Waals surface area contributed by atoms with Gasteiger partial charge in [-0.1, -0.05) is 115 Å². The summed E-state index contributed by atoms with van der Waals surface area (Å²) in [6, 6.07) is 12.4. The number of carbonyl (C=O) groups is 3. The van der Waals surface area contributed by atoms with Gasteiger partial charge in [-0.05, 0) is 201 Å². The van der Waals surface area contributed by atoms with Crippen molar-refractivity contribution in [1.82, 2.24) is 69.3 Å². The minimum atomic E-state index is -0.213. The highest BCUT2D eigenvalue weighted by molar-refractivity contribution is 8.13. The lowest BCUT2D eigenvalue weighted by Gasteiger charge is -2.00. The van der Waals surface area contributed by atoms with Crippen LogP contribution in [0.2, 0.25) is 0 Å². The van der Waals surface area contributed by atoms with Crippen LogP contribution in [0.1, 0.15) is 211 Å². The summed E-state index contributed by atoms with van der Waals surface area (Å²) < 4.78 is 26.9. The van der Waals surface area contributed by atoms with E-state index in [9.17, 15) is 14.4 Å². The molecule has 0 amide bonds. The smallest absolute Gasteiger partial charge is 0.305 e. The largest absolute Gasteiger partial charge is 1.00 e. The fourth-order valence-corrected chi connectivity index (χ4v) is 27.2. The number of ether oxygens (including phenoxy) is 1. The summed E-state index contributed by atoms with van der Waals surface area (Å²) in [6.07, 6.45) is 43.7. The lowest BCUT2D eigenvalue weighted by molar-refractivity contribution is -0.696. The van der Waals surface area contributed by atoms with Crippen molar-refractivity contribution in [3.05, 3.63) is 252 Å². The number of rotatable bonds is 54. The standard InChI is InChI=1S/C14H19N2S2.C13H17N2S2.C12H16N3OS2.C12H18N3S2.2C10H17NS2.2C9H15NS2.C7H10N2O3.C7H10N2O2S.2CH4.4BrH/c1-13-14(18-12-15-13)6-11-17-10-5-9-16-7-3-2-4-8-16;1-12-13(17-11-14-12)5-9-16-10-8-15-6-3-2-4-7-15;1-10-11(18-8-13-10)3-6-17-12(16)7-15-5-4-14(2)9-15;1-11-12(17-9-13-11)3-7-16-8-6-15-5-4-14(2)10-15;2*1-3-4-6-12-7-5-10-9(2)11-8-13-10;2*1-3-5-11-6-4-9-8(2)10-7-12-9;1-2-7(10)11-4-3-6-8-5-9-12-6;1-2-7(10)12-4-3-6-8-5-9-11-6;;;;;;/h2-4,7-8,12H,5-6,9-11H2,1H3;2-4,6-7,11H,5,8-10H2,1H3;4-5,8-9H,3,6-7H2,1-2H3;4-5,9-10H,3,6-8H2,1-2H3;2*8H,3-7H2,1-2H3;2*7H,3-6H2,1-2H3;2*5H,2-4H2,1H3;2*1H4;4*1H/q4*+1;;;;;;;;;;;;/p-4. The first kappa shape index (κ1) is 148. The highest BCUT2D eigenvalue weighted by Gasteiger charge is 2.14. The normalized spacial score (nSPS) is 10.1. The lowest BCUT2D eigenvalue weighted by atomic mass is 10.3. The van der Waals surface area contributed by atoms with Crippen LogP contribution < -0.4 is 86.2 Å². The molecule has 0 aliphatic carbocycles. The maximum atomic E-state index is 11.8. The Hall–Kier alpha value is -4.08. The zero-order chi connectivity index (χ0) is 104. The first-order chi connectivity index (χ1) is 70.1. The summed E-state index contributed by atoms with van der Waals surface area (Å²) in [5.74, 6) is 19.8. The number of hydrogen-bond donors (Lipinski definition) is 0. The van der Waals surface area contributed by atoms with Crippen LogP contribution in [0, 0.1) is 55.4 Å². The average molecular weight is 2640 g/mol. The van der Waals surface area contributed by atoms with Gasteiger partial charge in [0.15, 0.2) is 55.6 Å². The fraction of sp³-hybridized carbons (Fsp3) is 0.552.